The Morgan fingerprint density at radius 2 is 1.79 bits per heavy atom. The summed E-state index contributed by atoms with van der Waals surface area (Å²) in [6, 6.07) is 22.0. The molecule has 0 saturated heterocycles. The Morgan fingerprint density at radius 3 is 2.52 bits per heavy atom. The molecule has 0 aliphatic carbocycles. The van der Waals surface area contributed by atoms with E-state index in [4.69, 9.17) is 30.9 Å². The molecule has 0 N–H and O–H groups in total. The second kappa shape index (κ2) is 9.36. The number of halogens is 1. The fourth-order valence-corrected chi connectivity index (χ4v) is 4.48. The molecule has 33 heavy (non-hydrogen) atoms. The third-order valence-electron chi connectivity index (χ3n) is 6.11. The smallest absolute Gasteiger partial charge is 0.213 e. The van der Waals surface area contributed by atoms with Gasteiger partial charge in [0.25, 0.3) is 0 Å². The fraction of sp³-hybridized carbons (Fsp3) is 0.296. The molecule has 5 rings (SSSR count). The van der Waals surface area contributed by atoms with Crippen LogP contribution in [0.15, 0.2) is 71.8 Å². The van der Waals surface area contributed by atoms with Crippen LogP contribution >= 0.6 is 11.6 Å². The van der Waals surface area contributed by atoms with Crippen molar-refractivity contribution in [1.29, 1.82) is 0 Å². The van der Waals surface area contributed by atoms with Gasteiger partial charge in [-0.25, -0.2) is 5.01 Å². The van der Waals surface area contributed by atoms with E-state index in [1.165, 1.54) is 0 Å². The minimum Gasteiger partial charge on any atom is -0.497 e. The Morgan fingerprint density at radius 1 is 1.03 bits per heavy atom. The van der Waals surface area contributed by atoms with Gasteiger partial charge in [-0.05, 0) is 78.7 Å². The van der Waals surface area contributed by atoms with Crippen LogP contribution in [-0.4, -0.2) is 24.4 Å². The molecule has 6 heteroatoms. The van der Waals surface area contributed by atoms with E-state index in [2.05, 4.69) is 24.1 Å². The molecule has 2 aliphatic heterocycles. The number of nitrogens with zero attached hydrogens (tertiary/aromatic N) is 2. The van der Waals surface area contributed by atoms with E-state index in [1.54, 1.807) is 7.11 Å². The first-order valence-electron chi connectivity index (χ1n) is 11.4. The molecule has 0 spiro atoms. The molecule has 5 nitrogen and oxygen atoms in total. The van der Waals surface area contributed by atoms with Crippen LogP contribution in [0.25, 0.3) is 0 Å². The number of benzene rings is 3. The van der Waals surface area contributed by atoms with Gasteiger partial charge in [0.1, 0.15) is 17.2 Å². The van der Waals surface area contributed by atoms with Crippen LogP contribution in [0.4, 0.5) is 0 Å². The molecule has 0 bridgehead atoms. The van der Waals surface area contributed by atoms with Gasteiger partial charge in [0.2, 0.25) is 6.23 Å². The number of rotatable bonds is 7. The number of ether oxygens (including phenoxy) is 3. The average molecular weight is 463 g/mol. The van der Waals surface area contributed by atoms with Crippen molar-refractivity contribution in [3.05, 3.63) is 88.4 Å². The van der Waals surface area contributed by atoms with Crippen molar-refractivity contribution < 1.29 is 14.2 Å². The number of methoxy groups -OCH3 is 1. The van der Waals surface area contributed by atoms with E-state index >= 15 is 0 Å². The summed E-state index contributed by atoms with van der Waals surface area (Å²) >= 11 is 6.34. The van der Waals surface area contributed by atoms with Crippen LogP contribution in [0, 0.1) is 0 Å². The predicted octanol–water partition coefficient (Wildman–Crippen LogP) is 6.77. The minimum atomic E-state index is -0.330. The molecule has 0 fully saturated rings. The van der Waals surface area contributed by atoms with Crippen molar-refractivity contribution in [2.24, 2.45) is 5.10 Å². The summed E-state index contributed by atoms with van der Waals surface area (Å²) in [7, 11) is 1.67. The van der Waals surface area contributed by atoms with Crippen molar-refractivity contribution in [2.75, 3.05) is 13.7 Å². The van der Waals surface area contributed by atoms with E-state index < -0.39 is 0 Å². The van der Waals surface area contributed by atoms with Crippen LogP contribution < -0.4 is 14.2 Å². The molecule has 2 atom stereocenters. The average Bonchev–Trinajstić information content (AvgIpc) is 3.30. The molecule has 170 valence electrons. The predicted molar refractivity (Wildman–Crippen MR) is 130 cm³/mol. The molecule has 0 aromatic heterocycles. The van der Waals surface area contributed by atoms with Gasteiger partial charge in [-0.15, -0.1) is 0 Å². The third kappa shape index (κ3) is 4.38. The van der Waals surface area contributed by atoms with Crippen LogP contribution in [0.2, 0.25) is 5.02 Å². The zero-order chi connectivity index (χ0) is 22.8. The molecule has 0 saturated carbocycles. The first-order chi connectivity index (χ1) is 16.2. The van der Waals surface area contributed by atoms with Crippen LogP contribution in [0.5, 0.6) is 17.2 Å². The van der Waals surface area contributed by atoms with E-state index in [9.17, 15) is 0 Å². The number of hydrogen-bond acceptors (Lipinski definition) is 5. The first kappa shape index (κ1) is 21.7. The monoisotopic (exact) mass is 462 g/mol. The Kier molecular flexibility index (Phi) is 6.14. The summed E-state index contributed by atoms with van der Waals surface area (Å²) in [6.45, 7) is 2.89. The van der Waals surface area contributed by atoms with E-state index in [1.807, 2.05) is 54.6 Å². The van der Waals surface area contributed by atoms with Crippen LogP contribution in [0.1, 0.15) is 55.1 Å². The summed E-state index contributed by atoms with van der Waals surface area (Å²) < 4.78 is 17.6. The molecule has 0 amide bonds. The lowest BCUT2D eigenvalue weighted by molar-refractivity contribution is -0.0190. The maximum Gasteiger partial charge on any atom is 0.213 e. The molecule has 3 aromatic rings. The van der Waals surface area contributed by atoms with Gasteiger partial charge >= 0.3 is 0 Å². The summed E-state index contributed by atoms with van der Waals surface area (Å²) in [5.74, 6) is 2.55. The Labute approximate surface area is 199 Å². The summed E-state index contributed by atoms with van der Waals surface area (Å²) in [5, 5.41) is 7.77. The fourth-order valence-electron chi connectivity index (χ4n) is 4.30. The summed E-state index contributed by atoms with van der Waals surface area (Å²) in [5.41, 5.74) is 4.18. The van der Waals surface area contributed by atoms with Gasteiger partial charge in [-0.1, -0.05) is 24.9 Å². The number of fused-ring (bicyclic) bond motifs is 3. The number of hydrogen-bond donors (Lipinski definition) is 0. The highest BCUT2D eigenvalue weighted by atomic mass is 35.5. The molecule has 2 heterocycles. The third-order valence-corrected chi connectivity index (χ3v) is 6.34. The maximum atomic E-state index is 6.45. The van der Waals surface area contributed by atoms with Gasteiger partial charge < -0.3 is 14.2 Å². The quantitative estimate of drug-likeness (QED) is 0.363. The lowest BCUT2D eigenvalue weighted by atomic mass is 9.96. The molecule has 3 aromatic carbocycles. The van der Waals surface area contributed by atoms with Crippen molar-refractivity contribution in [3.8, 4) is 17.2 Å². The highest BCUT2D eigenvalue weighted by Crippen LogP contribution is 2.48. The number of unbranched alkanes of at least 4 members (excludes halogenated alkanes) is 1. The van der Waals surface area contributed by atoms with Gasteiger partial charge in [-0.3, -0.25) is 0 Å². The van der Waals surface area contributed by atoms with Crippen molar-refractivity contribution in [1.82, 2.24) is 5.01 Å². The van der Waals surface area contributed by atoms with Crippen molar-refractivity contribution in [2.45, 2.75) is 38.5 Å². The van der Waals surface area contributed by atoms with E-state index in [-0.39, 0.29) is 12.3 Å². The number of hydrazone groups is 1. The Hall–Kier alpha value is -3.18. The lowest BCUT2D eigenvalue weighted by Crippen LogP contribution is -2.33. The normalized spacial score (nSPS) is 18.8. The second-order valence-electron chi connectivity index (χ2n) is 8.30. The zero-order valence-corrected chi connectivity index (χ0v) is 19.6. The Balaban J connectivity index is 1.47. The largest absolute Gasteiger partial charge is 0.497 e. The van der Waals surface area contributed by atoms with Crippen molar-refractivity contribution >= 4 is 17.3 Å². The highest BCUT2D eigenvalue weighted by Gasteiger charge is 2.41. The van der Waals surface area contributed by atoms with Gasteiger partial charge in [-0.2, -0.15) is 5.10 Å². The first-order valence-corrected chi connectivity index (χ1v) is 11.7. The van der Waals surface area contributed by atoms with E-state index in [0.717, 1.165) is 65.5 Å². The topological polar surface area (TPSA) is 43.3 Å². The highest BCUT2D eigenvalue weighted by molar-refractivity contribution is 6.30. The van der Waals surface area contributed by atoms with Crippen LogP contribution in [-0.2, 0) is 0 Å². The molecule has 0 unspecified atom stereocenters. The van der Waals surface area contributed by atoms with Gasteiger partial charge in [0.15, 0.2) is 0 Å². The SMILES string of the molecule is CCCCOc1ccc([C@@H]2Oc3ccc(Cl)cc3[C@H]3CC(c4ccc(OC)cc4)=NN32)cc1. The lowest BCUT2D eigenvalue weighted by Gasteiger charge is -2.38. The maximum absolute atomic E-state index is 6.45. The standard InChI is InChI=1S/C27H27ClN2O3/c1-3-4-15-32-22-12-7-19(8-13-22)27-30-25(23-16-20(28)9-14-26(23)33-27)17-24(29-30)18-5-10-21(31-2)11-6-18/h5-14,16,25,27H,3-4,15,17H2,1-2H3/t25-,27+/m1/s1. The Bertz CT molecular complexity index is 1150. The molecular formula is C27H27ClN2O3. The van der Waals surface area contributed by atoms with E-state index in [0.29, 0.717) is 5.02 Å². The molecular weight excluding hydrogens is 436 g/mol. The van der Waals surface area contributed by atoms with Crippen molar-refractivity contribution in [3.63, 3.8) is 0 Å². The summed E-state index contributed by atoms with van der Waals surface area (Å²) in [4.78, 5) is 0. The molecule has 0 radical (unpaired) electrons. The minimum absolute atomic E-state index is 0.0510. The summed E-state index contributed by atoms with van der Waals surface area (Å²) in [6.07, 6.45) is 2.61. The van der Waals surface area contributed by atoms with Crippen LogP contribution in [0.3, 0.4) is 0 Å². The van der Waals surface area contributed by atoms with Gasteiger partial charge in [0.05, 0.1) is 25.5 Å². The zero-order valence-electron chi connectivity index (χ0n) is 18.8. The second-order valence-corrected chi connectivity index (χ2v) is 8.73. The molecule has 2 aliphatic rings. The van der Waals surface area contributed by atoms with Gasteiger partial charge in [0, 0.05) is 22.6 Å².